The van der Waals surface area contributed by atoms with Gasteiger partial charge in [0.2, 0.25) is 5.91 Å². The number of nitrogens with zero attached hydrogens (tertiary/aromatic N) is 1. The van der Waals surface area contributed by atoms with Gasteiger partial charge in [0, 0.05) is 12.1 Å². The van der Waals surface area contributed by atoms with E-state index in [2.05, 4.69) is 20.9 Å². The maximum atomic E-state index is 11.9. The smallest absolute Gasteiger partial charge is 0.251 e. The molecule has 0 aliphatic carbocycles. The standard InChI is InChI=1S/C22H29N5O3/c1-3-24-21(27-15-22(2,30)18-7-5-4-6-8-18)26-13-16-9-11-17(12-10-16)20(29)25-14-19(23)28/h4-12,30H,3,13-15H2,1-2H3,(H2,23,28)(H,25,29)(H2,24,26,27). The lowest BCUT2D eigenvalue weighted by molar-refractivity contribution is -0.117. The lowest BCUT2D eigenvalue weighted by atomic mass is 9.96. The minimum Gasteiger partial charge on any atom is -0.384 e. The predicted octanol–water partition coefficient (Wildman–Crippen LogP) is 0.865. The molecule has 1 unspecified atom stereocenters. The molecule has 0 aromatic heterocycles. The fourth-order valence-electron chi connectivity index (χ4n) is 2.70. The molecule has 6 N–H and O–H groups in total. The van der Waals surface area contributed by atoms with Crippen molar-refractivity contribution in [3.63, 3.8) is 0 Å². The van der Waals surface area contributed by atoms with E-state index >= 15 is 0 Å². The first-order valence-corrected chi connectivity index (χ1v) is 9.77. The second kappa shape index (κ2) is 11.0. The zero-order chi connectivity index (χ0) is 22.0. The lowest BCUT2D eigenvalue weighted by Crippen LogP contribution is -2.44. The van der Waals surface area contributed by atoms with E-state index in [9.17, 15) is 14.7 Å². The second-order valence-corrected chi connectivity index (χ2v) is 7.03. The van der Waals surface area contributed by atoms with Crippen LogP contribution in [0.25, 0.3) is 0 Å². The molecular formula is C22H29N5O3. The van der Waals surface area contributed by atoms with Gasteiger partial charge in [-0.05, 0) is 37.1 Å². The summed E-state index contributed by atoms with van der Waals surface area (Å²) < 4.78 is 0. The first kappa shape index (κ1) is 22.9. The van der Waals surface area contributed by atoms with Crippen LogP contribution < -0.4 is 21.7 Å². The SMILES string of the molecule is CCNC(=NCc1ccc(C(=O)NCC(N)=O)cc1)NCC(C)(O)c1ccccc1. The van der Waals surface area contributed by atoms with Crippen molar-refractivity contribution in [3.05, 3.63) is 71.3 Å². The van der Waals surface area contributed by atoms with E-state index in [0.29, 0.717) is 31.2 Å². The highest BCUT2D eigenvalue weighted by Gasteiger charge is 2.22. The highest BCUT2D eigenvalue weighted by atomic mass is 16.3. The van der Waals surface area contributed by atoms with Gasteiger partial charge in [0.1, 0.15) is 5.60 Å². The Kier molecular flexibility index (Phi) is 8.37. The Balaban J connectivity index is 1.97. The van der Waals surface area contributed by atoms with Gasteiger partial charge in [-0.15, -0.1) is 0 Å². The van der Waals surface area contributed by atoms with Crippen LogP contribution in [-0.2, 0) is 16.9 Å². The summed E-state index contributed by atoms with van der Waals surface area (Å²) in [7, 11) is 0. The topological polar surface area (TPSA) is 129 Å². The van der Waals surface area contributed by atoms with Gasteiger partial charge in [0.15, 0.2) is 5.96 Å². The van der Waals surface area contributed by atoms with E-state index in [4.69, 9.17) is 5.73 Å². The van der Waals surface area contributed by atoms with Gasteiger partial charge in [0.05, 0.1) is 19.6 Å². The number of carbonyl (C=O) groups excluding carboxylic acids is 2. The van der Waals surface area contributed by atoms with Crippen LogP contribution in [0.2, 0.25) is 0 Å². The van der Waals surface area contributed by atoms with Crippen molar-refractivity contribution in [3.8, 4) is 0 Å². The lowest BCUT2D eigenvalue weighted by Gasteiger charge is -2.25. The largest absolute Gasteiger partial charge is 0.384 e. The van der Waals surface area contributed by atoms with Crippen LogP contribution in [0.1, 0.15) is 35.3 Å². The Morgan fingerprint density at radius 1 is 1.03 bits per heavy atom. The second-order valence-electron chi connectivity index (χ2n) is 7.03. The third kappa shape index (κ3) is 7.21. The molecule has 30 heavy (non-hydrogen) atoms. The number of rotatable bonds is 9. The van der Waals surface area contributed by atoms with Crippen LogP contribution in [0, 0.1) is 0 Å². The molecule has 8 heteroatoms. The molecule has 0 aliphatic rings. The molecule has 0 fully saturated rings. The van der Waals surface area contributed by atoms with Gasteiger partial charge >= 0.3 is 0 Å². The molecule has 0 bridgehead atoms. The quantitative estimate of drug-likeness (QED) is 0.309. The van der Waals surface area contributed by atoms with E-state index in [1.165, 1.54) is 0 Å². The minimum absolute atomic E-state index is 0.199. The molecule has 160 valence electrons. The normalized spacial score (nSPS) is 13.2. The Morgan fingerprint density at radius 2 is 1.70 bits per heavy atom. The molecule has 0 saturated carbocycles. The van der Waals surface area contributed by atoms with Crippen LogP contribution in [0.4, 0.5) is 0 Å². The van der Waals surface area contributed by atoms with Crippen LogP contribution in [-0.4, -0.2) is 42.5 Å². The monoisotopic (exact) mass is 411 g/mol. The molecule has 0 aliphatic heterocycles. The van der Waals surface area contributed by atoms with Crippen molar-refractivity contribution in [1.29, 1.82) is 0 Å². The van der Waals surface area contributed by atoms with Crippen molar-refractivity contribution >= 4 is 17.8 Å². The van der Waals surface area contributed by atoms with Gasteiger partial charge in [-0.3, -0.25) is 9.59 Å². The summed E-state index contributed by atoms with van der Waals surface area (Å²) in [5, 5.41) is 19.5. The zero-order valence-electron chi connectivity index (χ0n) is 17.3. The summed E-state index contributed by atoms with van der Waals surface area (Å²) in [4.78, 5) is 27.2. The average Bonchev–Trinajstić information content (AvgIpc) is 2.75. The number of nitrogens with one attached hydrogen (secondary N) is 3. The predicted molar refractivity (Wildman–Crippen MR) is 117 cm³/mol. The Hall–Kier alpha value is -3.39. The summed E-state index contributed by atoms with van der Waals surface area (Å²) in [6.45, 7) is 4.88. The minimum atomic E-state index is -1.04. The highest BCUT2D eigenvalue weighted by molar-refractivity contribution is 5.96. The van der Waals surface area contributed by atoms with Crippen LogP contribution in [0.15, 0.2) is 59.6 Å². The fourth-order valence-corrected chi connectivity index (χ4v) is 2.70. The maximum Gasteiger partial charge on any atom is 0.251 e. The molecule has 0 spiro atoms. The zero-order valence-corrected chi connectivity index (χ0v) is 17.3. The van der Waals surface area contributed by atoms with Crippen LogP contribution in [0.5, 0.6) is 0 Å². The van der Waals surface area contributed by atoms with Crippen molar-refractivity contribution in [2.24, 2.45) is 10.7 Å². The van der Waals surface area contributed by atoms with E-state index in [1.807, 2.05) is 37.3 Å². The van der Waals surface area contributed by atoms with E-state index in [1.54, 1.807) is 31.2 Å². The Bertz CT molecular complexity index is 864. The molecule has 2 rings (SSSR count). The van der Waals surface area contributed by atoms with E-state index in [0.717, 1.165) is 11.1 Å². The number of aliphatic hydroxyl groups is 1. The fraction of sp³-hybridized carbons (Fsp3) is 0.318. The third-order valence-corrected chi connectivity index (χ3v) is 4.40. The number of guanidine groups is 1. The first-order valence-electron chi connectivity index (χ1n) is 9.77. The molecule has 1 atom stereocenters. The summed E-state index contributed by atoms with van der Waals surface area (Å²) in [5.74, 6) is -0.372. The van der Waals surface area contributed by atoms with Crippen molar-refractivity contribution in [2.75, 3.05) is 19.6 Å². The van der Waals surface area contributed by atoms with E-state index < -0.39 is 11.5 Å². The van der Waals surface area contributed by atoms with Crippen molar-refractivity contribution in [2.45, 2.75) is 26.0 Å². The molecule has 2 aromatic rings. The molecule has 8 nitrogen and oxygen atoms in total. The molecular weight excluding hydrogens is 382 g/mol. The molecule has 0 heterocycles. The highest BCUT2D eigenvalue weighted by Crippen LogP contribution is 2.18. The molecule has 2 aromatic carbocycles. The van der Waals surface area contributed by atoms with Crippen LogP contribution >= 0.6 is 0 Å². The number of carbonyl (C=O) groups is 2. The van der Waals surface area contributed by atoms with Crippen LogP contribution in [0.3, 0.4) is 0 Å². The Labute approximate surface area is 176 Å². The van der Waals surface area contributed by atoms with Gasteiger partial charge in [-0.25, -0.2) is 4.99 Å². The summed E-state index contributed by atoms with van der Waals surface area (Å²) in [6.07, 6.45) is 0. The van der Waals surface area contributed by atoms with Gasteiger partial charge in [-0.2, -0.15) is 0 Å². The Morgan fingerprint density at radius 3 is 2.30 bits per heavy atom. The van der Waals surface area contributed by atoms with Crippen molar-refractivity contribution in [1.82, 2.24) is 16.0 Å². The van der Waals surface area contributed by atoms with Crippen molar-refractivity contribution < 1.29 is 14.7 Å². The van der Waals surface area contributed by atoms with Gasteiger partial charge in [0.25, 0.3) is 5.91 Å². The number of hydrogen-bond acceptors (Lipinski definition) is 4. The molecule has 2 amide bonds. The number of hydrogen-bond donors (Lipinski definition) is 5. The summed E-state index contributed by atoms with van der Waals surface area (Å²) in [6, 6.07) is 16.4. The maximum absolute atomic E-state index is 11.9. The summed E-state index contributed by atoms with van der Waals surface area (Å²) in [5.41, 5.74) is 6.15. The van der Waals surface area contributed by atoms with Gasteiger partial charge in [-0.1, -0.05) is 42.5 Å². The molecule has 0 saturated heterocycles. The van der Waals surface area contributed by atoms with Gasteiger partial charge < -0.3 is 26.8 Å². The third-order valence-electron chi connectivity index (χ3n) is 4.40. The number of primary amides is 1. The number of nitrogens with two attached hydrogens (primary N) is 1. The number of benzene rings is 2. The first-order chi connectivity index (χ1) is 14.3. The average molecular weight is 412 g/mol. The molecule has 0 radical (unpaired) electrons. The number of amides is 2. The van der Waals surface area contributed by atoms with E-state index in [-0.39, 0.29) is 12.5 Å². The number of aliphatic imine (C=N–C) groups is 1. The summed E-state index contributed by atoms with van der Waals surface area (Å²) >= 11 is 0.